The number of halogens is 3. The fraction of sp³-hybridized carbons (Fsp3) is 0.100. The number of anilines is 1. The SMILES string of the molecule is CN1C(=O)c2ccc(C(=O)Nc3ccc(-n4cccn4)cc3C(F)(F)F)cc2C1=O. The predicted molar refractivity (Wildman–Crippen MR) is 99.4 cm³/mol. The Balaban J connectivity index is 1.67. The molecule has 0 radical (unpaired) electrons. The number of rotatable bonds is 3. The molecule has 152 valence electrons. The minimum Gasteiger partial charge on any atom is -0.321 e. The van der Waals surface area contributed by atoms with Crippen LogP contribution in [0.1, 0.15) is 36.6 Å². The summed E-state index contributed by atoms with van der Waals surface area (Å²) in [4.78, 5) is 37.5. The molecule has 0 spiro atoms. The fourth-order valence-corrected chi connectivity index (χ4v) is 3.14. The van der Waals surface area contributed by atoms with Gasteiger partial charge in [0.25, 0.3) is 17.7 Å². The summed E-state index contributed by atoms with van der Waals surface area (Å²) in [5.74, 6) is -1.93. The first-order valence-corrected chi connectivity index (χ1v) is 8.66. The number of benzene rings is 2. The van der Waals surface area contributed by atoms with Crippen LogP contribution in [0.2, 0.25) is 0 Å². The van der Waals surface area contributed by atoms with Crippen molar-refractivity contribution in [3.8, 4) is 5.69 Å². The molecule has 3 aromatic rings. The number of imide groups is 1. The van der Waals surface area contributed by atoms with Gasteiger partial charge in [-0.25, -0.2) is 4.68 Å². The van der Waals surface area contributed by atoms with E-state index in [0.29, 0.717) is 0 Å². The van der Waals surface area contributed by atoms with E-state index in [1.165, 1.54) is 48.4 Å². The average molecular weight is 414 g/mol. The van der Waals surface area contributed by atoms with Crippen molar-refractivity contribution in [1.82, 2.24) is 14.7 Å². The second-order valence-corrected chi connectivity index (χ2v) is 6.56. The van der Waals surface area contributed by atoms with Crippen LogP contribution in [-0.4, -0.2) is 39.4 Å². The van der Waals surface area contributed by atoms with Crippen molar-refractivity contribution < 1.29 is 27.6 Å². The maximum absolute atomic E-state index is 13.6. The molecule has 30 heavy (non-hydrogen) atoms. The molecular weight excluding hydrogens is 401 g/mol. The van der Waals surface area contributed by atoms with E-state index in [9.17, 15) is 27.6 Å². The third kappa shape index (κ3) is 3.21. The first-order chi connectivity index (χ1) is 14.2. The highest BCUT2D eigenvalue weighted by atomic mass is 19.4. The van der Waals surface area contributed by atoms with Crippen LogP contribution in [0, 0.1) is 0 Å². The molecule has 0 bridgehead atoms. The number of amides is 3. The molecule has 0 aliphatic carbocycles. The van der Waals surface area contributed by atoms with Crippen LogP contribution in [0.3, 0.4) is 0 Å². The molecule has 0 unspecified atom stereocenters. The second kappa shape index (κ2) is 6.83. The molecule has 0 saturated carbocycles. The highest BCUT2D eigenvalue weighted by molar-refractivity contribution is 6.22. The van der Waals surface area contributed by atoms with Gasteiger partial charge in [0.05, 0.1) is 28.1 Å². The maximum Gasteiger partial charge on any atom is 0.418 e. The Kier molecular flexibility index (Phi) is 4.41. The van der Waals surface area contributed by atoms with Crippen LogP contribution >= 0.6 is 0 Å². The van der Waals surface area contributed by atoms with Gasteiger partial charge in [0.1, 0.15) is 0 Å². The van der Waals surface area contributed by atoms with E-state index in [2.05, 4.69) is 10.4 Å². The lowest BCUT2D eigenvalue weighted by Gasteiger charge is -2.15. The number of alkyl halides is 3. The van der Waals surface area contributed by atoms with E-state index in [1.807, 2.05) is 0 Å². The number of fused-ring (bicyclic) bond motifs is 1. The molecule has 1 aromatic heterocycles. The van der Waals surface area contributed by atoms with E-state index in [0.717, 1.165) is 17.0 Å². The molecule has 4 rings (SSSR count). The minimum absolute atomic E-state index is 0.0280. The topological polar surface area (TPSA) is 84.3 Å². The van der Waals surface area contributed by atoms with Crippen LogP contribution < -0.4 is 5.32 Å². The lowest BCUT2D eigenvalue weighted by Crippen LogP contribution is -2.24. The highest BCUT2D eigenvalue weighted by Crippen LogP contribution is 2.36. The predicted octanol–water partition coefficient (Wildman–Crippen LogP) is 3.37. The highest BCUT2D eigenvalue weighted by Gasteiger charge is 2.35. The van der Waals surface area contributed by atoms with E-state index in [4.69, 9.17) is 0 Å². The zero-order valence-corrected chi connectivity index (χ0v) is 15.4. The number of nitrogens with zero attached hydrogens (tertiary/aromatic N) is 3. The Hall–Kier alpha value is -3.95. The van der Waals surface area contributed by atoms with Gasteiger partial charge >= 0.3 is 6.18 Å². The third-order valence-corrected chi connectivity index (χ3v) is 4.68. The number of hydrogen-bond donors (Lipinski definition) is 1. The van der Waals surface area contributed by atoms with Crippen LogP contribution in [0.25, 0.3) is 5.69 Å². The number of aromatic nitrogens is 2. The number of carbonyl (C=O) groups is 3. The van der Waals surface area contributed by atoms with Crippen molar-refractivity contribution in [2.24, 2.45) is 0 Å². The molecule has 1 aliphatic rings. The smallest absolute Gasteiger partial charge is 0.321 e. The Bertz CT molecular complexity index is 1190. The van der Waals surface area contributed by atoms with Gasteiger partial charge in [0.15, 0.2) is 0 Å². The van der Waals surface area contributed by atoms with Crippen molar-refractivity contribution in [2.45, 2.75) is 6.18 Å². The average Bonchev–Trinajstić information content (AvgIpc) is 3.32. The van der Waals surface area contributed by atoms with Gasteiger partial charge in [-0.2, -0.15) is 18.3 Å². The zero-order chi connectivity index (χ0) is 21.6. The molecule has 10 heteroatoms. The van der Waals surface area contributed by atoms with Crippen LogP contribution in [0.4, 0.5) is 18.9 Å². The van der Waals surface area contributed by atoms with Gasteiger partial charge in [0, 0.05) is 25.0 Å². The summed E-state index contributed by atoms with van der Waals surface area (Å²) in [6, 6.07) is 8.75. The molecule has 0 atom stereocenters. The normalized spacial score (nSPS) is 13.5. The number of hydrogen-bond acceptors (Lipinski definition) is 4. The van der Waals surface area contributed by atoms with Crippen LogP contribution in [0.5, 0.6) is 0 Å². The van der Waals surface area contributed by atoms with Gasteiger partial charge in [-0.1, -0.05) is 0 Å². The number of carbonyl (C=O) groups excluding carboxylic acids is 3. The Morgan fingerprint density at radius 2 is 1.77 bits per heavy atom. The van der Waals surface area contributed by atoms with Crippen molar-refractivity contribution >= 4 is 23.4 Å². The van der Waals surface area contributed by atoms with E-state index in [-0.39, 0.29) is 22.4 Å². The van der Waals surface area contributed by atoms with Gasteiger partial charge in [0.2, 0.25) is 0 Å². The van der Waals surface area contributed by atoms with E-state index in [1.54, 1.807) is 6.07 Å². The zero-order valence-electron chi connectivity index (χ0n) is 15.4. The maximum atomic E-state index is 13.6. The van der Waals surface area contributed by atoms with E-state index < -0.39 is 35.1 Å². The Morgan fingerprint density at radius 1 is 1.03 bits per heavy atom. The van der Waals surface area contributed by atoms with Crippen molar-refractivity contribution in [1.29, 1.82) is 0 Å². The Labute approximate surface area is 167 Å². The monoisotopic (exact) mass is 414 g/mol. The third-order valence-electron chi connectivity index (χ3n) is 4.68. The second-order valence-electron chi connectivity index (χ2n) is 6.56. The fourth-order valence-electron chi connectivity index (χ4n) is 3.14. The van der Waals surface area contributed by atoms with Gasteiger partial charge in [-0.05, 0) is 42.5 Å². The quantitative estimate of drug-likeness (QED) is 0.666. The molecule has 7 nitrogen and oxygen atoms in total. The molecule has 1 N–H and O–H groups in total. The molecule has 2 heterocycles. The lowest BCUT2D eigenvalue weighted by molar-refractivity contribution is -0.136. The summed E-state index contributed by atoms with van der Waals surface area (Å²) >= 11 is 0. The van der Waals surface area contributed by atoms with Crippen LogP contribution in [0.15, 0.2) is 54.9 Å². The van der Waals surface area contributed by atoms with Gasteiger partial charge in [-0.15, -0.1) is 0 Å². The molecular formula is C20H13F3N4O3. The van der Waals surface area contributed by atoms with Gasteiger partial charge in [-0.3, -0.25) is 19.3 Å². The summed E-state index contributed by atoms with van der Waals surface area (Å²) in [6.45, 7) is 0. The standard InChI is InChI=1S/C20H13F3N4O3/c1-26-18(29)13-5-3-11(9-14(13)19(26)30)17(28)25-16-6-4-12(27-8-2-7-24-27)10-15(16)20(21,22)23/h2-10H,1H3,(H,25,28). The largest absolute Gasteiger partial charge is 0.418 e. The van der Waals surface area contributed by atoms with Crippen LogP contribution in [-0.2, 0) is 6.18 Å². The summed E-state index contributed by atoms with van der Waals surface area (Å²) in [5, 5.41) is 6.13. The van der Waals surface area contributed by atoms with Crippen molar-refractivity contribution in [3.63, 3.8) is 0 Å². The summed E-state index contributed by atoms with van der Waals surface area (Å²) in [6.07, 6.45) is -1.80. The van der Waals surface area contributed by atoms with Crippen molar-refractivity contribution in [3.05, 3.63) is 77.1 Å². The summed E-state index contributed by atoms with van der Waals surface area (Å²) in [7, 11) is 1.31. The van der Waals surface area contributed by atoms with E-state index >= 15 is 0 Å². The summed E-state index contributed by atoms with van der Waals surface area (Å²) in [5.41, 5.74) is -1.19. The van der Waals surface area contributed by atoms with Crippen molar-refractivity contribution in [2.75, 3.05) is 12.4 Å². The number of nitrogens with one attached hydrogen (secondary N) is 1. The minimum atomic E-state index is -4.73. The molecule has 3 amide bonds. The van der Waals surface area contributed by atoms with Gasteiger partial charge < -0.3 is 5.32 Å². The first kappa shape index (κ1) is 19.4. The summed E-state index contributed by atoms with van der Waals surface area (Å²) < 4.78 is 42.0. The Morgan fingerprint density at radius 3 is 2.43 bits per heavy atom. The molecule has 0 fully saturated rings. The molecule has 0 saturated heterocycles. The molecule has 1 aliphatic heterocycles. The first-order valence-electron chi connectivity index (χ1n) is 8.66. The lowest BCUT2D eigenvalue weighted by atomic mass is 10.0. The molecule has 2 aromatic carbocycles.